The molecule has 0 aromatic heterocycles. The van der Waals surface area contributed by atoms with Crippen molar-refractivity contribution in [3.8, 4) is 23.0 Å². The molecule has 0 bridgehead atoms. The van der Waals surface area contributed by atoms with Gasteiger partial charge in [0.2, 0.25) is 5.75 Å². The second-order valence-corrected chi connectivity index (χ2v) is 6.94. The fourth-order valence-corrected chi connectivity index (χ4v) is 3.51. The normalized spacial score (nSPS) is 15.4. The van der Waals surface area contributed by atoms with E-state index in [-0.39, 0.29) is 5.91 Å². The smallest absolute Gasteiger partial charge is 0.319 e. The zero-order valence-corrected chi connectivity index (χ0v) is 18.7. The molecule has 0 aliphatic carbocycles. The number of rotatable bonds is 8. The summed E-state index contributed by atoms with van der Waals surface area (Å²) in [5.41, 5.74) is 1.99. The van der Waals surface area contributed by atoms with Gasteiger partial charge in [-0.2, -0.15) is 0 Å². The number of nitrogens with one attached hydrogen (secondary N) is 3. The second kappa shape index (κ2) is 9.95. The van der Waals surface area contributed by atoms with Crippen LogP contribution in [0.15, 0.2) is 47.7 Å². The third-order valence-electron chi connectivity index (χ3n) is 4.96. The molecule has 0 saturated carbocycles. The Kier molecular flexibility index (Phi) is 7.09. The van der Waals surface area contributed by atoms with E-state index < -0.39 is 12.1 Å². The molecule has 3 amide bonds. The lowest BCUT2D eigenvalue weighted by Crippen LogP contribution is -2.46. The number of benzene rings is 2. The van der Waals surface area contributed by atoms with Gasteiger partial charge in [-0.1, -0.05) is 0 Å². The van der Waals surface area contributed by atoms with Crippen molar-refractivity contribution in [1.29, 1.82) is 0 Å². The van der Waals surface area contributed by atoms with Crippen LogP contribution in [0.2, 0.25) is 0 Å². The number of anilines is 1. The molecule has 0 fully saturated rings. The summed E-state index contributed by atoms with van der Waals surface area (Å²) in [5.74, 6) is 1.60. The van der Waals surface area contributed by atoms with Gasteiger partial charge in [0.1, 0.15) is 5.75 Å². The standard InChI is InChI=1S/C23H27N3O6/c1-6-32-16-9-7-15(8-10-16)25-22(27)19-13(2)24-23(28)26-20(19)14-11-17(29-3)21(31-5)18(12-14)30-4/h7-12,20H,6H2,1-5H3,(H,25,27)(H2,24,26,28)/t20-/m1/s1. The predicted octanol–water partition coefficient (Wildman–Crippen LogP) is 3.38. The van der Waals surface area contributed by atoms with E-state index in [1.54, 1.807) is 43.3 Å². The van der Waals surface area contributed by atoms with E-state index in [1.165, 1.54) is 21.3 Å². The second-order valence-electron chi connectivity index (χ2n) is 6.94. The molecule has 1 aliphatic rings. The molecule has 1 aliphatic heterocycles. The first-order valence-corrected chi connectivity index (χ1v) is 10.0. The van der Waals surface area contributed by atoms with Gasteiger partial charge in [-0.15, -0.1) is 0 Å². The van der Waals surface area contributed by atoms with Crippen molar-refractivity contribution in [2.45, 2.75) is 19.9 Å². The van der Waals surface area contributed by atoms with Crippen LogP contribution < -0.4 is 34.9 Å². The Hall–Kier alpha value is -3.88. The van der Waals surface area contributed by atoms with E-state index in [9.17, 15) is 9.59 Å². The fourth-order valence-electron chi connectivity index (χ4n) is 3.51. The Morgan fingerprint density at radius 2 is 1.66 bits per heavy atom. The van der Waals surface area contributed by atoms with Crippen molar-refractivity contribution >= 4 is 17.6 Å². The van der Waals surface area contributed by atoms with Gasteiger partial charge in [0.15, 0.2) is 11.5 Å². The third kappa shape index (κ3) is 4.72. The lowest BCUT2D eigenvalue weighted by atomic mass is 9.94. The average Bonchev–Trinajstić information content (AvgIpc) is 2.78. The summed E-state index contributed by atoms with van der Waals surface area (Å²) in [6.45, 7) is 4.13. The fraction of sp³-hybridized carbons (Fsp3) is 0.304. The van der Waals surface area contributed by atoms with Crippen molar-refractivity contribution in [2.75, 3.05) is 33.3 Å². The van der Waals surface area contributed by atoms with Crippen LogP contribution in [0.5, 0.6) is 23.0 Å². The van der Waals surface area contributed by atoms with Crippen LogP contribution in [0.4, 0.5) is 10.5 Å². The van der Waals surface area contributed by atoms with Gasteiger partial charge in [0, 0.05) is 11.4 Å². The Morgan fingerprint density at radius 1 is 1.03 bits per heavy atom. The Labute approximate surface area is 186 Å². The van der Waals surface area contributed by atoms with Crippen molar-refractivity contribution in [2.24, 2.45) is 0 Å². The van der Waals surface area contributed by atoms with Crippen LogP contribution in [0.3, 0.4) is 0 Å². The molecule has 9 heteroatoms. The molecule has 2 aromatic carbocycles. The molecule has 3 rings (SSSR count). The van der Waals surface area contributed by atoms with E-state index in [2.05, 4.69) is 16.0 Å². The maximum Gasteiger partial charge on any atom is 0.319 e. The molecule has 0 radical (unpaired) electrons. The number of urea groups is 1. The lowest BCUT2D eigenvalue weighted by molar-refractivity contribution is -0.113. The molecule has 32 heavy (non-hydrogen) atoms. The number of hydrogen-bond donors (Lipinski definition) is 3. The van der Waals surface area contributed by atoms with E-state index >= 15 is 0 Å². The minimum Gasteiger partial charge on any atom is -0.494 e. The number of methoxy groups -OCH3 is 3. The number of hydrogen-bond acceptors (Lipinski definition) is 6. The molecule has 3 N–H and O–H groups in total. The molecule has 9 nitrogen and oxygen atoms in total. The van der Waals surface area contributed by atoms with Gasteiger partial charge >= 0.3 is 6.03 Å². The first-order chi connectivity index (χ1) is 15.4. The van der Waals surface area contributed by atoms with Crippen LogP contribution in [0.25, 0.3) is 0 Å². The highest BCUT2D eigenvalue weighted by Gasteiger charge is 2.32. The van der Waals surface area contributed by atoms with Crippen LogP contribution >= 0.6 is 0 Å². The van der Waals surface area contributed by atoms with Gasteiger partial charge in [0.05, 0.1) is 39.6 Å². The summed E-state index contributed by atoms with van der Waals surface area (Å²) in [7, 11) is 4.51. The van der Waals surface area contributed by atoms with Gasteiger partial charge in [-0.25, -0.2) is 4.79 Å². The summed E-state index contributed by atoms with van der Waals surface area (Å²) >= 11 is 0. The maximum absolute atomic E-state index is 13.2. The average molecular weight is 441 g/mol. The maximum atomic E-state index is 13.2. The molecular formula is C23H27N3O6. The Morgan fingerprint density at radius 3 is 2.19 bits per heavy atom. The van der Waals surface area contributed by atoms with Gasteiger partial charge in [0.25, 0.3) is 5.91 Å². The molecule has 2 aromatic rings. The Balaban J connectivity index is 1.97. The third-order valence-corrected chi connectivity index (χ3v) is 4.96. The first kappa shape index (κ1) is 22.8. The lowest BCUT2D eigenvalue weighted by Gasteiger charge is -2.29. The number of carbonyl (C=O) groups is 2. The highest BCUT2D eigenvalue weighted by Crippen LogP contribution is 2.41. The number of carbonyl (C=O) groups excluding carboxylic acids is 2. The molecular weight excluding hydrogens is 414 g/mol. The molecule has 0 spiro atoms. The van der Waals surface area contributed by atoms with Crippen molar-refractivity contribution in [3.05, 3.63) is 53.2 Å². The van der Waals surface area contributed by atoms with Crippen molar-refractivity contribution in [1.82, 2.24) is 10.6 Å². The highest BCUT2D eigenvalue weighted by atomic mass is 16.5. The monoisotopic (exact) mass is 441 g/mol. The molecule has 170 valence electrons. The van der Waals surface area contributed by atoms with E-state index in [0.29, 0.717) is 52.1 Å². The summed E-state index contributed by atoms with van der Waals surface area (Å²) < 4.78 is 21.7. The topological polar surface area (TPSA) is 107 Å². The quantitative estimate of drug-likeness (QED) is 0.580. The van der Waals surface area contributed by atoms with Gasteiger partial charge in [-0.3, -0.25) is 4.79 Å². The molecule has 0 unspecified atom stereocenters. The Bertz CT molecular complexity index is 1010. The first-order valence-electron chi connectivity index (χ1n) is 10.0. The summed E-state index contributed by atoms with van der Waals surface area (Å²) in [6.07, 6.45) is 0. The van der Waals surface area contributed by atoms with E-state index in [0.717, 1.165) is 0 Å². The molecule has 0 saturated heterocycles. The van der Waals surface area contributed by atoms with Crippen LogP contribution in [0.1, 0.15) is 25.5 Å². The number of amides is 3. The molecule has 1 atom stereocenters. The van der Waals surface area contributed by atoms with Gasteiger partial charge < -0.3 is 34.9 Å². The van der Waals surface area contributed by atoms with Crippen molar-refractivity contribution in [3.63, 3.8) is 0 Å². The SMILES string of the molecule is CCOc1ccc(NC(=O)C2=C(C)NC(=O)N[C@@H]2c2cc(OC)c(OC)c(OC)c2)cc1. The molecule has 1 heterocycles. The minimum atomic E-state index is -0.736. The van der Waals surface area contributed by atoms with Crippen LogP contribution in [-0.4, -0.2) is 39.9 Å². The highest BCUT2D eigenvalue weighted by molar-refractivity contribution is 6.06. The minimum absolute atomic E-state index is 0.354. The van der Waals surface area contributed by atoms with Crippen LogP contribution in [-0.2, 0) is 4.79 Å². The number of ether oxygens (including phenoxy) is 4. The van der Waals surface area contributed by atoms with Crippen molar-refractivity contribution < 1.29 is 28.5 Å². The van der Waals surface area contributed by atoms with E-state index in [4.69, 9.17) is 18.9 Å². The zero-order valence-electron chi connectivity index (χ0n) is 18.7. The summed E-state index contributed by atoms with van der Waals surface area (Å²) in [4.78, 5) is 25.5. The van der Waals surface area contributed by atoms with Gasteiger partial charge in [-0.05, 0) is 55.8 Å². The number of allylic oxidation sites excluding steroid dienone is 1. The summed E-state index contributed by atoms with van der Waals surface area (Å²) in [6, 6.07) is 9.31. The summed E-state index contributed by atoms with van der Waals surface area (Å²) in [5, 5.41) is 8.34. The van der Waals surface area contributed by atoms with E-state index in [1.807, 2.05) is 6.92 Å². The van der Waals surface area contributed by atoms with Crippen LogP contribution in [0, 0.1) is 0 Å². The predicted molar refractivity (Wildman–Crippen MR) is 119 cm³/mol. The largest absolute Gasteiger partial charge is 0.494 e. The zero-order chi connectivity index (χ0) is 23.3.